The quantitative estimate of drug-likeness (QED) is 0.130. The van der Waals surface area contributed by atoms with Gasteiger partial charge in [-0.25, -0.2) is 4.98 Å². The topological polar surface area (TPSA) is 69.9 Å². The van der Waals surface area contributed by atoms with Gasteiger partial charge < -0.3 is 18.4 Å². The Morgan fingerprint density at radius 1 is 0.586 bits per heavy atom. The van der Waals surface area contributed by atoms with Crippen LogP contribution in [0.1, 0.15) is 91.7 Å². The standard InChI is InChI=1S/C49H40N3O2.C14H14N.Ir/c1-28-19-22-32-34-15-12-16-36(44(34)53-42(32)25-28)46-50-39-17-10-11-18-41(39)52(46)40-24-21-30(27-38(40)48(2,3)4)29-20-23-35-37(26-29)31-13-8-9-14-33(31)43-45(35)54-47(51-43)49(5,6)7;1-10-4-6-13(7-5-10)14-8-11(2)12(3)9-15-14;/h8-15,17-27H,1-7H3;4-6,8-9H,1-3H3;/q2*-1;/i1D3;1D3,2D3,3D3;. The van der Waals surface area contributed by atoms with Gasteiger partial charge in [-0.2, -0.15) is 0 Å². The Morgan fingerprint density at radius 2 is 1.33 bits per heavy atom. The number of pyridine rings is 1. The molecule has 0 bridgehead atoms. The minimum absolute atomic E-state index is 0. The second-order valence-electron chi connectivity index (χ2n) is 19.5. The minimum atomic E-state index is -2.61. The molecule has 8 aromatic carbocycles. The van der Waals surface area contributed by atoms with Crippen molar-refractivity contribution in [2.24, 2.45) is 0 Å². The second-order valence-corrected chi connectivity index (χ2v) is 19.5. The molecule has 0 unspecified atom stereocenters. The molecule has 12 aromatic rings. The molecular formula is C63H54IrN4O2-2. The van der Waals surface area contributed by atoms with Crippen molar-refractivity contribution in [3.63, 3.8) is 0 Å². The Bertz CT molecular complexity index is 4440. The first-order valence-corrected chi connectivity index (χ1v) is 22.7. The van der Waals surface area contributed by atoms with Crippen molar-refractivity contribution in [3.05, 3.63) is 192 Å². The third-order valence-electron chi connectivity index (χ3n) is 12.6. The van der Waals surface area contributed by atoms with Gasteiger partial charge in [0.15, 0.2) is 5.58 Å². The smallest absolute Gasteiger partial charge is 0.200 e. The van der Waals surface area contributed by atoms with Crippen molar-refractivity contribution >= 4 is 65.6 Å². The van der Waals surface area contributed by atoms with Gasteiger partial charge in [-0.15, -0.1) is 53.6 Å². The summed E-state index contributed by atoms with van der Waals surface area (Å²) in [5.74, 6) is 1.42. The summed E-state index contributed by atoms with van der Waals surface area (Å²) in [6.07, 6.45) is 1.02. The number of hydrogen-bond donors (Lipinski definition) is 0. The largest absolute Gasteiger partial charge is 0.501 e. The van der Waals surface area contributed by atoms with Crippen LogP contribution in [0.4, 0.5) is 0 Å². The van der Waals surface area contributed by atoms with Crippen molar-refractivity contribution in [1.82, 2.24) is 19.5 Å². The van der Waals surface area contributed by atoms with Crippen LogP contribution in [-0.2, 0) is 30.9 Å². The number of oxazole rings is 1. The maximum absolute atomic E-state index is 7.97. The van der Waals surface area contributed by atoms with E-state index in [2.05, 4.69) is 130 Å². The Morgan fingerprint density at radius 3 is 2.10 bits per heavy atom. The monoisotopic (exact) mass is 1100 g/mol. The first kappa shape index (κ1) is 34.2. The molecule has 0 saturated heterocycles. The van der Waals surface area contributed by atoms with Crippen LogP contribution in [0, 0.1) is 39.5 Å². The molecule has 12 rings (SSSR count). The van der Waals surface area contributed by atoms with Gasteiger partial charge in [0, 0.05) is 70.0 Å². The maximum Gasteiger partial charge on any atom is 0.200 e. The molecule has 0 aliphatic rings. The van der Waals surface area contributed by atoms with Crippen molar-refractivity contribution in [3.8, 4) is 39.5 Å². The summed E-state index contributed by atoms with van der Waals surface area (Å²) in [6, 6.07) is 50.4. The van der Waals surface area contributed by atoms with Crippen LogP contribution in [0.15, 0.2) is 155 Å². The molecule has 6 nitrogen and oxygen atoms in total. The average molecular weight is 1100 g/mol. The number of para-hydroxylation sites is 2. The first-order valence-electron chi connectivity index (χ1n) is 28.7. The number of benzene rings is 8. The van der Waals surface area contributed by atoms with E-state index in [1.54, 1.807) is 12.1 Å². The molecule has 0 spiro atoms. The molecule has 4 heterocycles. The number of aryl methyl sites for hydroxylation is 4. The maximum atomic E-state index is 7.97. The zero-order valence-electron chi connectivity index (χ0n) is 51.3. The number of furan rings is 1. The van der Waals surface area contributed by atoms with Crippen molar-refractivity contribution < 1.29 is 45.4 Å². The summed E-state index contributed by atoms with van der Waals surface area (Å²) in [5.41, 5.74) is 9.53. The number of aromatic nitrogens is 4. The van der Waals surface area contributed by atoms with Crippen LogP contribution in [0.5, 0.6) is 0 Å². The summed E-state index contributed by atoms with van der Waals surface area (Å²) in [5, 5.41) is 6.11. The number of nitrogens with zero attached hydrogens (tertiary/aromatic N) is 4. The summed E-state index contributed by atoms with van der Waals surface area (Å²) in [6.45, 7) is 3.39. The van der Waals surface area contributed by atoms with E-state index >= 15 is 0 Å². The second kappa shape index (κ2) is 17.7. The van der Waals surface area contributed by atoms with Gasteiger partial charge in [0.25, 0.3) is 0 Å². The van der Waals surface area contributed by atoms with Crippen molar-refractivity contribution in [1.29, 1.82) is 0 Å². The molecule has 0 saturated carbocycles. The summed E-state index contributed by atoms with van der Waals surface area (Å²) in [4.78, 5) is 14.2. The number of hydrogen-bond acceptors (Lipinski definition) is 5. The number of rotatable bonds is 4. The molecule has 0 aliphatic carbocycles. The fourth-order valence-corrected chi connectivity index (χ4v) is 9.12. The molecule has 70 heavy (non-hydrogen) atoms. The third-order valence-corrected chi connectivity index (χ3v) is 12.6. The molecule has 0 amide bonds. The van der Waals surface area contributed by atoms with E-state index < -0.39 is 27.4 Å². The van der Waals surface area contributed by atoms with Crippen LogP contribution in [-0.4, -0.2) is 19.5 Å². The van der Waals surface area contributed by atoms with E-state index in [9.17, 15) is 0 Å². The molecule has 0 aliphatic heterocycles. The van der Waals surface area contributed by atoms with Gasteiger partial charge in [0.2, 0.25) is 5.89 Å². The Kier molecular flexibility index (Phi) is 8.62. The van der Waals surface area contributed by atoms with E-state index in [0.29, 0.717) is 28.1 Å². The molecule has 0 fully saturated rings. The fourth-order valence-electron chi connectivity index (χ4n) is 9.12. The first-order chi connectivity index (χ1) is 37.9. The van der Waals surface area contributed by atoms with Crippen molar-refractivity contribution in [2.45, 2.75) is 79.8 Å². The Balaban J connectivity index is 0.000000254. The van der Waals surface area contributed by atoms with Crippen LogP contribution < -0.4 is 0 Å². The van der Waals surface area contributed by atoms with Gasteiger partial charge in [0.05, 0.1) is 22.4 Å². The summed E-state index contributed by atoms with van der Waals surface area (Å²) < 4.78 is 106. The molecular weight excluding hydrogens is 1040 g/mol. The fraction of sp³-hybridized carbons (Fsp3) is 0.190. The molecule has 349 valence electrons. The molecule has 7 heteroatoms. The van der Waals surface area contributed by atoms with E-state index in [1.165, 1.54) is 24.3 Å². The van der Waals surface area contributed by atoms with Crippen LogP contribution in [0.25, 0.3) is 105 Å². The SMILES string of the molecule is [2H]C([2H])([2H])c1c[c-]c(-c2cc(C([2H])([2H])[2H])c(C([2H])([2H])[2H])cn2)cc1.[2H]C([2H])([2H])c1ccc2c(c1)oc1c(-c3nc4ccccc4n3-c3ccc(-c4ccc5c(c4)c4ccccc4c4nc(C(C)(C)C)oc54)cc3C(C)(C)C)[c-]ccc12.[Ir]. The number of imidazole rings is 1. The van der Waals surface area contributed by atoms with Gasteiger partial charge in [-0.05, 0) is 113 Å². The average Bonchev–Trinajstić information content (AvgIpc) is 2.11. The molecule has 1 radical (unpaired) electrons. The van der Waals surface area contributed by atoms with Crippen molar-refractivity contribution in [2.75, 3.05) is 0 Å². The zero-order valence-corrected chi connectivity index (χ0v) is 41.7. The van der Waals surface area contributed by atoms with Gasteiger partial charge >= 0.3 is 0 Å². The van der Waals surface area contributed by atoms with E-state index in [4.69, 9.17) is 35.3 Å². The predicted octanol–water partition coefficient (Wildman–Crippen LogP) is 16.9. The van der Waals surface area contributed by atoms with E-state index in [0.717, 1.165) is 88.9 Å². The van der Waals surface area contributed by atoms with Gasteiger partial charge in [-0.1, -0.05) is 132 Å². The van der Waals surface area contributed by atoms with Gasteiger partial charge in [-0.3, -0.25) is 4.98 Å². The van der Waals surface area contributed by atoms with Crippen LogP contribution in [0.3, 0.4) is 0 Å². The van der Waals surface area contributed by atoms with Crippen LogP contribution in [0.2, 0.25) is 0 Å². The van der Waals surface area contributed by atoms with Crippen LogP contribution >= 0.6 is 0 Å². The predicted molar refractivity (Wildman–Crippen MR) is 285 cm³/mol. The Labute approximate surface area is 439 Å². The van der Waals surface area contributed by atoms with E-state index in [1.807, 2.05) is 36.4 Å². The summed E-state index contributed by atoms with van der Waals surface area (Å²) >= 11 is 0. The summed E-state index contributed by atoms with van der Waals surface area (Å²) in [7, 11) is 0. The zero-order chi connectivity index (χ0) is 57.9. The van der Waals surface area contributed by atoms with E-state index in [-0.39, 0.29) is 58.9 Å². The van der Waals surface area contributed by atoms with Gasteiger partial charge in [0.1, 0.15) is 11.1 Å². The Hall–Kier alpha value is -7.18. The molecule has 0 N–H and O–H groups in total. The molecule has 0 atom stereocenters. The minimum Gasteiger partial charge on any atom is -0.501 e. The number of fused-ring (bicyclic) bond motifs is 10. The normalized spacial score (nSPS) is 15.3. The third kappa shape index (κ3) is 8.21. The molecule has 4 aromatic heterocycles.